The van der Waals surface area contributed by atoms with Gasteiger partial charge in [-0.1, -0.05) is 18.5 Å². The van der Waals surface area contributed by atoms with Crippen LogP contribution in [-0.4, -0.2) is 43.6 Å². The molecule has 2 heterocycles. The Balaban J connectivity index is 1.84. The zero-order valence-electron chi connectivity index (χ0n) is 19.6. The van der Waals surface area contributed by atoms with Crippen LogP contribution in [0.25, 0.3) is 5.52 Å². The number of nitrogen functional groups attached to an aromatic ring is 1. The number of fused-ring (bicyclic) bond motifs is 1. The Hall–Kier alpha value is -2.91. The highest BCUT2D eigenvalue weighted by Gasteiger charge is 2.32. The van der Waals surface area contributed by atoms with E-state index in [9.17, 15) is 9.90 Å². The first kappa shape index (κ1) is 24.2. The summed E-state index contributed by atoms with van der Waals surface area (Å²) in [6.45, 7) is 7.33. The second-order valence-electron chi connectivity index (χ2n) is 9.08. The number of nitrogens with zero attached hydrogens (tertiary/aromatic N) is 3. The molecule has 0 aliphatic heterocycles. The number of halogens is 2. The molecule has 3 unspecified atom stereocenters. The number of imidazole rings is 1. The van der Waals surface area contributed by atoms with Gasteiger partial charge in [-0.2, -0.15) is 0 Å². The molecule has 3 atom stereocenters. The highest BCUT2D eigenvalue weighted by molar-refractivity contribution is 6.31. The summed E-state index contributed by atoms with van der Waals surface area (Å²) in [6, 6.07) is 1.24. The van der Waals surface area contributed by atoms with Crippen molar-refractivity contribution >= 4 is 28.8 Å². The van der Waals surface area contributed by atoms with E-state index in [1.165, 1.54) is 6.07 Å². The van der Waals surface area contributed by atoms with Gasteiger partial charge in [0.2, 0.25) is 0 Å². The van der Waals surface area contributed by atoms with E-state index in [0.717, 1.165) is 0 Å². The summed E-state index contributed by atoms with van der Waals surface area (Å²) in [5.41, 5.74) is 7.72. The Morgan fingerprint density at radius 3 is 2.76 bits per heavy atom. The van der Waals surface area contributed by atoms with E-state index in [1.54, 1.807) is 26.2 Å². The minimum Gasteiger partial charge on any atom is -0.490 e. The number of anilines is 1. The molecule has 1 amide bonds. The molecule has 4 N–H and O–H groups in total. The van der Waals surface area contributed by atoms with Crippen LogP contribution < -0.4 is 15.8 Å². The van der Waals surface area contributed by atoms with E-state index in [2.05, 4.69) is 15.3 Å². The van der Waals surface area contributed by atoms with Gasteiger partial charge < -0.3 is 20.9 Å². The second kappa shape index (κ2) is 9.38. The van der Waals surface area contributed by atoms with Crippen LogP contribution in [-0.2, 0) is 0 Å². The first-order chi connectivity index (χ1) is 16.1. The van der Waals surface area contributed by atoms with Crippen molar-refractivity contribution in [1.82, 2.24) is 19.7 Å². The van der Waals surface area contributed by atoms with Crippen LogP contribution in [0, 0.1) is 12.7 Å². The molecule has 8 nitrogen and oxygen atoms in total. The largest absolute Gasteiger partial charge is 0.490 e. The van der Waals surface area contributed by atoms with Crippen molar-refractivity contribution in [2.75, 3.05) is 5.73 Å². The fourth-order valence-electron chi connectivity index (χ4n) is 4.58. The molecule has 34 heavy (non-hydrogen) atoms. The van der Waals surface area contributed by atoms with E-state index in [0.29, 0.717) is 47.7 Å². The number of ether oxygens (including phenoxy) is 1. The van der Waals surface area contributed by atoms with Gasteiger partial charge in [0.15, 0.2) is 5.82 Å². The Morgan fingerprint density at radius 1 is 1.38 bits per heavy atom. The summed E-state index contributed by atoms with van der Waals surface area (Å²) in [4.78, 5) is 22.1. The summed E-state index contributed by atoms with van der Waals surface area (Å²) in [5, 5.41) is 12.5. The molecule has 10 heteroatoms. The molecule has 0 bridgehead atoms. The van der Waals surface area contributed by atoms with E-state index in [1.807, 2.05) is 18.2 Å². The maximum Gasteiger partial charge on any atom is 0.258 e. The quantitative estimate of drug-likeness (QED) is 0.482. The normalized spacial score (nSPS) is 19.1. The molecule has 1 fully saturated rings. The van der Waals surface area contributed by atoms with Crippen molar-refractivity contribution in [3.05, 3.63) is 51.9 Å². The number of nitrogens with one attached hydrogen (secondary N) is 1. The third-order valence-corrected chi connectivity index (χ3v) is 6.43. The summed E-state index contributed by atoms with van der Waals surface area (Å²) in [7, 11) is 0. The molecular weight excluding hydrogens is 461 g/mol. The fraction of sp³-hybridized carbons (Fsp3) is 0.458. The maximum atomic E-state index is 15.3. The molecule has 0 radical (unpaired) electrons. The van der Waals surface area contributed by atoms with Gasteiger partial charge in [0, 0.05) is 29.9 Å². The predicted octanol–water partition coefficient (Wildman–Crippen LogP) is 3.99. The minimum atomic E-state index is -0.845. The Labute approximate surface area is 202 Å². The number of amides is 1. The number of carbonyl (C=O) groups is 1. The van der Waals surface area contributed by atoms with Crippen molar-refractivity contribution in [2.45, 2.75) is 71.1 Å². The van der Waals surface area contributed by atoms with Crippen LogP contribution in [0.3, 0.4) is 0 Å². The number of aromatic nitrogens is 3. The average molecular weight is 490 g/mol. The van der Waals surface area contributed by atoms with E-state index in [4.69, 9.17) is 22.1 Å². The second-order valence-corrected chi connectivity index (χ2v) is 9.48. The molecule has 0 saturated heterocycles. The van der Waals surface area contributed by atoms with Crippen LogP contribution in [0.15, 0.2) is 18.5 Å². The number of benzene rings is 1. The van der Waals surface area contributed by atoms with Crippen LogP contribution >= 0.6 is 11.6 Å². The van der Waals surface area contributed by atoms with Crippen molar-refractivity contribution in [2.24, 2.45) is 0 Å². The summed E-state index contributed by atoms with van der Waals surface area (Å²) in [6.07, 6.45) is 4.16. The lowest BCUT2D eigenvalue weighted by Crippen LogP contribution is -2.34. The predicted molar refractivity (Wildman–Crippen MR) is 128 cm³/mol. The van der Waals surface area contributed by atoms with Gasteiger partial charge in [-0.3, -0.25) is 9.20 Å². The number of hydrogen-bond donors (Lipinski definition) is 3. The van der Waals surface area contributed by atoms with Gasteiger partial charge in [-0.15, -0.1) is 0 Å². The fourth-order valence-corrected chi connectivity index (χ4v) is 4.79. The average Bonchev–Trinajstić information content (AvgIpc) is 3.33. The van der Waals surface area contributed by atoms with Crippen molar-refractivity contribution in [3.8, 4) is 5.75 Å². The third kappa shape index (κ3) is 4.42. The zero-order valence-corrected chi connectivity index (χ0v) is 20.4. The molecule has 182 valence electrons. The Morgan fingerprint density at radius 2 is 2.12 bits per heavy atom. The maximum absolute atomic E-state index is 15.3. The van der Waals surface area contributed by atoms with Crippen molar-refractivity contribution in [3.63, 3.8) is 0 Å². The number of rotatable bonds is 6. The lowest BCUT2D eigenvalue weighted by molar-refractivity contribution is 0.0923. The van der Waals surface area contributed by atoms with E-state index < -0.39 is 23.7 Å². The summed E-state index contributed by atoms with van der Waals surface area (Å²) < 4.78 is 23.2. The number of hydrogen-bond acceptors (Lipinski definition) is 6. The number of aliphatic hydroxyl groups is 1. The van der Waals surface area contributed by atoms with Gasteiger partial charge >= 0.3 is 0 Å². The molecule has 0 spiro atoms. The number of aliphatic hydroxyl groups excluding tert-OH is 1. The standard InChI is InChI=1S/C24H29ClFN5O3/c1-11(2)34-21-16(12(3)23-29-13(4)20-22(27)28-7-8-31(20)23)10-17(25)19(26)18(21)24(33)30-14-5-6-15(32)9-14/h7-8,10-12,14-15,32H,5-6,9H2,1-4H3,(H2,27,28)(H,30,33). The van der Waals surface area contributed by atoms with Crippen molar-refractivity contribution < 1.29 is 19.0 Å². The van der Waals surface area contributed by atoms with Crippen LogP contribution in [0.4, 0.5) is 10.2 Å². The minimum absolute atomic E-state index is 0.122. The monoisotopic (exact) mass is 489 g/mol. The lowest BCUT2D eigenvalue weighted by atomic mass is 9.95. The van der Waals surface area contributed by atoms with Gasteiger partial charge in [0.05, 0.1) is 22.9 Å². The highest BCUT2D eigenvalue weighted by atomic mass is 35.5. The molecule has 3 aromatic rings. The Kier molecular flexibility index (Phi) is 6.69. The number of carbonyl (C=O) groups excluding carboxylic acids is 1. The molecule has 4 rings (SSSR count). The molecule has 1 aliphatic carbocycles. The van der Waals surface area contributed by atoms with Crippen LogP contribution in [0.2, 0.25) is 5.02 Å². The number of aryl methyl sites for hydroxylation is 1. The van der Waals surface area contributed by atoms with Gasteiger partial charge in [0.25, 0.3) is 5.91 Å². The van der Waals surface area contributed by atoms with Gasteiger partial charge in [-0.25, -0.2) is 14.4 Å². The van der Waals surface area contributed by atoms with Crippen molar-refractivity contribution in [1.29, 1.82) is 0 Å². The van der Waals surface area contributed by atoms with E-state index in [-0.39, 0.29) is 28.5 Å². The zero-order chi connectivity index (χ0) is 24.7. The van der Waals surface area contributed by atoms with E-state index >= 15 is 4.39 Å². The van der Waals surface area contributed by atoms with Gasteiger partial charge in [0.1, 0.15) is 28.5 Å². The molecule has 1 saturated carbocycles. The van der Waals surface area contributed by atoms with Crippen LogP contribution in [0.1, 0.15) is 73.4 Å². The molecule has 1 aromatic carbocycles. The topological polar surface area (TPSA) is 115 Å². The summed E-state index contributed by atoms with van der Waals surface area (Å²) in [5.74, 6) is -0.794. The first-order valence-electron chi connectivity index (χ1n) is 11.3. The smallest absolute Gasteiger partial charge is 0.258 e. The van der Waals surface area contributed by atoms with Gasteiger partial charge in [-0.05, 0) is 46.1 Å². The molecular formula is C24H29ClFN5O3. The molecule has 2 aromatic heterocycles. The SMILES string of the molecule is Cc1nc(C(C)c2cc(Cl)c(F)c(C(=O)NC3CCC(O)C3)c2OC(C)C)n2ccnc(N)c12. The molecule has 1 aliphatic rings. The summed E-state index contributed by atoms with van der Waals surface area (Å²) >= 11 is 6.28. The number of nitrogens with two attached hydrogens (primary N) is 1. The third-order valence-electron chi connectivity index (χ3n) is 6.16. The van der Waals surface area contributed by atoms with Crippen LogP contribution in [0.5, 0.6) is 5.75 Å². The lowest BCUT2D eigenvalue weighted by Gasteiger charge is -2.23. The Bertz CT molecular complexity index is 1250. The first-order valence-corrected chi connectivity index (χ1v) is 11.7. The highest BCUT2D eigenvalue weighted by Crippen LogP contribution is 2.40.